The molecule has 0 spiro atoms. The summed E-state index contributed by atoms with van der Waals surface area (Å²) >= 11 is 9.81. The first kappa shape index (κ1) is 21.4. The maximum atomic E-state index is 6.20. The van der Waals surface area contributed by atoms with Crippen molar-refractivity contribution in [3.8, 4) is 17.4 Å². The van der Waals surface area contributed by atoms with Gasteiger partial charge >= 0.3 is 0 Å². The third kappa shape index (κ3) is 6.35. The zero-order valence-electron chi connectivity index (χ0n) is 16.0. The molecule has 0 bridgehead atoms. The van der Waals surface area contributed by atoms with E-state index in [-0.39, 0.29) is 0 Å². The summed E-state index contributed by atoms with van der Waals surface area (Å²) in [4.78, 5) is 4.13. The molecule has 0 aliphatic heterocycles. The zero-order valence-corrected chi connectivity index (χ0v) is 18.4. The Kier molecular flexibility index (Phi) is 8.16. The van der Waals surface area contributed by atoms with E-state index in [0.717, 1.165) is 15.6 Å². The van der Waals surface area contributed by atoms with E-state index in [2.05, 4.69) is 26.2 Å². The summed E-state index contributed by atoms with van der Waals surface area (Å²) in [5.74, 6) is 1.94. The number of methoxy groups -OCH3 is 1. The predicted octanol–water partition coefficient (Wildman–Crippen LogP) is 5.25. The largest absolute Gasteiger partial charge is 0.493 e. The van der Waals surface area contributed by atoms with Gasteiger partial charge in [0.15, 0.2) is 11.5 Å². The lowest BCUT2D eigenvalue weighted by Crippen LogP contribution is -2.21. The van der Waals surface area contributed by atoms with Crippen molar-refractivity contribution in [2.24, 2.45) is 0 Å². The first-order valence-corrected chi connectivity index (χ1v) is 10.3. The van der Waals surface area contributed by atoms with Crippen molar-refractivity contribution in [2.75, 3.05) is 20.3 Å². The van der Waals surface area contributed by atoms with Gasteiger partial charge in [0, 0.05) is 40.4 Å². The fraction of sp³-hybridized carbons (Fsp3) is 0.227. The number of aromatic nitrogens is 1. The van der Waals surface area contributed by atoms with Crippen LogP contribution in [0.15, 0.2) is 65.3 Å². The summed E-state index contributed by atoms with van der Waals surface area (Å²) < 4.78 is 18.0. The lowest BCUT2D eigenvalue weighted by atomic mass is 10.2. The van der Waals surface area contributed by atoms with Crippen molar-refractivity contribution in [3.05, 3.63) is 81.4 Å². The number of halogens is 2. The Morgan fingerprint density at radius 1 is 1.00 bits per heavy atom. The minimum Gasteiger partial charge on any atom is -0.493 e. The maximum absolute atomic E-state index is 6.20. The first-order valence-electron chi connectivity index (χ1n) is 9.14. The van der Waals surface area contributed by atoms with Crippen molar-refractivity contribution in [2.45, 2.75) is 13.2 Å². The van der Waals surface area contributed by atoms with Gasteiger partial charge in [0.1, 0.15) is 13.2 Å². The molecule has 3 rings (SSSR count). The maximum Gasteiger partial charge on any atom is 0.213 e. The van der Waals surface area contributed by atoms with Gasteiger partial charge in [-0.25, -0.2) is 4.98 Å². The molecule has 0 saturated heterocycles. The summed E-state index contributed by atoms with van der Waals surface area (Å²) in [6.07, 6.45) is 1.71. The van der Waals surface area contributed by atoms with Crippen LogP contribution in [0.5, 0.6) is 17.4 Å². The van der Waals surface area contributed by atoms with Crippen LogP contribution in [0.1, 0.15) is 11.1 Å². The third-order valence-electron chi connectivity index (χ3n) is 4.16. The summed E-state index contributed by atoms with van der Waals surface area (Å²) in [6, 6.07) is 17.1. The van der Waals surface area contributed by atoms with Crippen LogP contribution < -0.4 is 19.5 Å². The normalized spacial score (nSPS) is 10.6. The minimum atomic E-state index is 0.366. The third-order valence-corrected chi connectivity index (χ3v) is 5.26. The SMILES string of the molecule is COc1cc(CNCCOc2ccccn2)c(Br)cc1OCc1ccccc1Cl. The van der Waals surface area contributed by atoms with E-state index in [1.807, 2.05) is 54.6 Å². The molecular weight excluding hydrogens is 456 g/mol. The molecular formula is C22H22BrClN2O3. The summed E-state index contributed by atoms with van der Waals surface area (Å²) in [5.41, 5.74) is 1.98. The van der Waals surface area contributed by atoms with Gasteiger partial charge in [-0.2, -0.15) is 0 Å². The Morgan fingerprint density at radius 3 is 2.59 bits per heavy atom. The van der Waals surface area contributed by atoms with E-state index < -0.39 is 0 Å². The number of hydrogen-bond acceptors (Lipinski definition) is 5. The lowest BCUT2D eigenvalue weighted by molar-refractivity contribution is 0.284. The molecule has 1 heterocycles. The molecule has 0 fully saturated rings. The van der Waals surface area contributed by atoms with E-state index >= 15 is 0 Å². The van der Waals surface area contributed by atoms with E-state index in [9.17, 15) is 0 Å². The van der Waals surface area contributed by atoms with Crippen molar-refractivity contribution in [1.29, 1.82) is 0 Å². The van der Waals surface area contributed by atoms with Crippen molar-refractivity contribution in [1.82, 2.24) is 10.3 Å². The van der Waals surface area contributed by atoms with Crippen LogP contribution in [0.4, 0.5) is 0 Å². The Labute approximate surface area is 184 Å². The number of hydrogen-bond donors (Lipinski definition) is 1. The molecule has 0 aliphatic rings. The van der Waals surface area contributed by atoms with Crippen LogP contribution >= 0.6 is 27.5 Å². The molecule has 0 unspecified atom stereocenters. The van der Waals surface area contributed by atoms with Crippen LogP contribution in [0, 0.1) is 0 Å². The fourth-order valence-electron chi connectivity index (χ4n) is 2.64. The van der Waals surface area contributed by atoms with E-state index in [4.69, 9.17) is 25.8 Å². The topological polar surface area (TPSA) is 52.6 Å². The number of benzene rings is 2. The average Bonchev–Trinajstić information content (AvgIpc) is 2.74. The summed E-state index contributed by atoms with van der Waals surface area (Å²) in [6.45, 7) is 2.25. The van der Waals surface area contributed by atoms with Gasteiger partial charge in [0.2, 0.25) is 5.88 Å². The number of nitrogens with one attached hydrogen (secondary N) is 1. The smallest absolute Gasteiger partial charge is 0.213 e. The molecule has 3 aromatic rings. The van der Waals surface area contributed by atoms with Gasteiger partial charge in [-0.15, -0.1) is 0 Å². The van der Waals surface area contributed by atoms with Crippen LogP contribution in [-0.4, -0.2) is 25.2 Å². The second kappa shape index (κ2) is 11.0. The van der Waals surface area contributed by atoms with Gasteiger partial charge in [-0.3, -0.25) is 0 Å². The molecule has 1 aromatic heterocycles. The molecule has 0 radical (unpaired) electrons. The molecule has 0 atom stereocenters. The molecule has 29 heavy (non-hydrogen) atoms. The van der Waals surface area contributed by atoms with Gasteiger partial charge in [0.25, 0.3) is 0 Å². The average molecular weight is 478 g/mol. The van der Waals surface area contributed by atoms with E-state index in [1.54, 1.807) is 13.3 Å². The number of rotatable bonds is 10. The Balaban J connectivity index is 1.54. The van der Waals surface area contributed by atoms with Crippen LogP contribution in [0.3, 0.4) is 0 Å². The van der Waals surface area contributed by atoms with Crippen molar-refractivity contribution in [3.63, 3.8) is 0 Å². The highest BCUT2D eigenvalue weighted by Gasteiger charge is 2.11. The Bertz CT molecular complexity index is 925. The summed E-state index contributed by atoms with van der Waals surface area (Å²) in [7, 11) is 1.63. The lowest BCUT2D eigenvalue weighted by Gasteiger charge is -2.15. The molecule has 7 heteroatoms. The molecule has 2 aromatic carbocycles. The van der Waals surface area contributed by atoms with Gasteiger partial charge in [-0.05, 0) is 29.8 Å². The van der Waals surface area contributed by atoms with E-state index in [0.29, 0.717) is 48.7 Å². The van der Waals surface area contributed by atoms with Gasteiger partial charge < -0.3 is 19.5 Å². The highest BCUT2D eigenvalue weighted by Crippen LogP contribution is 2.34. The van der Waals surface area contributed by atoms with Gasteiger partial charge in [0.05, 0.1) is 7.11 Å². The highest BCUT2D eigenvalue weighted by molar-refractivity contribution is 9.10. The number of ether oxygens (including phenoxy) is 3. The van der Waals surface area contributed by atoms with Crippen LogP contribution in [0.2, 0.25) is 5.02 Å². The van der Waals surface area contributed by atoms with Crippen molar-refractivity contribution < 1.29 is 14.2 Å². The van der Waals surface area contributed by atoms with Crippen LogP contribution in [0.25, 0.3) is 0 Å². The fourth-order valence-corrected chi connectivity index (χ4v) is 3.29. The molecule has 0 aliphatic carbocycles. The standard InChI is InChI=1S/C22H22BrClN2O3/c1-27-20-12-17(14-25-10-11-28-22-8-4-5-9-26-22)18(23)13-21(20)29-15-16-6-2-3-7-19(16)24/h2-9,12-13,25H,10-11,14-15H2,1H3. The molecule has 5 nitrogen and oxygen atoms in total. The van der Waals surface area contributed by atoms with Gasteiger partial charge in [-0.1, -0.05) is 51.8 Å². The molecule has 0 amide bonds. The number of nitrogens with zero attached hydrogens (tertiary/aromatic N) is 1. The number of pyridine rings is 1. The second-order valence-corrected chi connectivity index (χ2v) is 7.43. The van der Waals surface area contributed by atoms with Crippen LogP contribution in [-0.2, 0) is 13.2 Å². The molecule has 152 valence electrons. The highest BCUT2D eigenvalue weighted by atomic mass is 79.9. The summed E-state index contributed by atoms with van der Waals surface area (Å²) in [5, 5.41) is 4.03. The molecule has 1 N–H and O–H groups in total. The molecule has 0 saturated carbocycles. The Hall–Kier alpha value is -2.28. The quantitative estimate of drug-likeness (QED) is 0.404. The second-order valence-electron chi connectivity index (χ2n) is 6.17. The monoisotopic (exact) mass is 476 g/mol. The minimum absolute atomic E-state index is 0.366. The van der Waals surface area contributed by atoms with E-state index in [1.165, 1.54) is 0 Å². The van der Waals surface area contributed by atoms with Crippen molar-refractivity contribution >= 4 is 27.5 Å². The Morgan fingerprint density at radius 2 is 1.83 bits per heavy atom. The predicted molar refractivity (Wildman–Crippen MR) is 118 cm³/mol. The first-order chi connectivity index (χ1) is 14.2. The zero-order chi connectivity index (χ0) is 20.5.